The largest absolute Gasteiger partial charge is 0.480 e. The van der Waals surface area contributed by atoms with Gasteiger partial charge in [-0.1, -0.05) is 0 Å². The zero-order valence-electron chi connectivity index (χ0n) is 58.4. The van der Waals surface area contributed by atoms with Crippen LogP contribution in [0.4, 0.5) is 0 Å². The van der Waals surface area contributed by atoms with Gasteiger partial charge in [-0.25, -0.2) is 0 Å². The van der Waals surface area contributed by atoms with Crippen molar-refractivity contribution in [3.63, 3.8) is 0 Å². The second-order valence-corrected chi connectivity index (χ2v) is 27.1. The topological polar surface area (TPSA) is 752 Å². The Kier molecular flexibility index (Phi) is 32.1. The number of carbonyl (C=O) groups excluding carboxylic acids is 5. The average Bonchev–Trinajstić information content (AvgIpc) is 0.753. The number of carboxylic acid groups (broad SMARTS) is 1. The molecular formula is C60H100N6O42. The molecule has 8 saturated heterocycles. The van der Waals surface area contributed by atoms with Gasteiger partial charge in [-0.05, 0) is 6.92 Å². The minimum absolute atomic E-state index is 0.838. The number of aliphatic carboxylic acids is 1. The van der Waals surface area contributed by atoms with Gasteiger partial charge in [-0.3, -0.25) is 28.8 Å². The van der Waals surface area contributed by atoms with Gasteiger partial charge in [-0.15, -0.1) is 0 Å². The van der Waals surface area contributed by atoms with Gasteiger partial charge >= 0.3 is 5.97 Å². The second-order valence-electron chi connectivity index (χ2n) is 27.1. The van der Waals surface area contributed by atoms with Crippen LogP contribution in [0.3, 0.4) is 0 Å². The number of hydrogen-bond donors (Lipinski definition) is 27. The van der Waals surface area contributed by atoms with Gasteiger partial charge in [0.15, 0.2) is 50.3 Å². The number of ether oxygens (including phenoxy) is 15. The van der Waals surface area contributed by atoms with E-state index < -0.39 is 340 Å². The van der Waals surface area contributed by atoms with E-state index in [9.17, 15) is 136 Å². The van der Waals surface area contributed by atoms with Crippen LogP contribution < -0.4 is 32.3 Å². The van der Waals surface area contributed by atoms with E-state index in [-0.39, 0.29) is 0 Å². The van der Waals surface area contributed by atoms with Gasteiger partial charge < -0.3 is 211 Å². The van der Waals surface area contributed by atoms with Crippen LogP contribution in [0, 0.1) is 0 Å². The van der Waals surface area contributed by atoms with Crippen LogP contribution in [-0.2, 0) is 99.8 Å². The fraction of sp³-hybridized carbons (Fsp3) is 0.900. The lowest BCUT2D eigenvalue weighted by molar-refractivity contribution is -0.396. The summed E-state index contributed by atoms with van der Waals surface area (Å²) in [5, 5.41) is 245. The molecule has 0 aromatic carbocycles. The Balaban J connectivity index is 1.15. The zero-order chi connectivity index (χ0) is 79.9. The molecule has 0 spiro atoms. The summed E-state index contributed by atoms with van der Waals surface area (Å²) < 4.78 is 89.7. The molecule has 0 aromatic heterocycles. The smallest absolute Gasteiger partial charge is 0.321 e. The number of amides is 5. The number of rotatable bonds is 29. The van der Waals surface area contributed by atoms with Crippen molar-refractivity contribution in [3.05, 3.63) is 0 Å². The van der Waals surface area contributed by atoms with E-state index in [1.807, 2.05) is 0 Å². The summed E-state index contributed by atoms with van der Waals surface area (Å²) >= 11 is 0. The van der Waals surface area contributed by atoms with Crippen molar-refractivity contribution >= 4 is 35.5 Å². The van der Waals surface area contributed by atoms with Gasteiger partial charge in [0.05, 0.1) is 58.8 Å². The van der Waals surface area contributed by atoms with Crippen molar-refractivity contribution in [1.29, 1.82) is 0 Å². The fourth-order valence-corrected chi connectivity index (χ4v) is 13.5. The van der Waals surface area contributed by atoms with Crippen LogP contribution in [0.25, 0.3) is 0 Å². The summed E-state index contributed by atoms with van der Waals surface area (Å²) in [5.41, 5.74) is 5.60. The van der Waals surface area contributed by atoms with Crippen LogP contribution in [0.15, 0.2) is 0 Å². The molecule has 41 atom stereocenters. The highest BCUT2D eigenvalue weighted by Gasteiger charge is 2.60. The molecule has 28 N–H and O–H groups in total. The number of carboxylic acids is 1. The monoisotopic (exact) mass is 1580 g/mol. The maximum atomic E-state index is 13.3. The number of nitrogens with one attached hydrogen (secondary N) is 5. The normalized spacial score (nSPS) is 46.2. The van der Waals surface area contributed by atoms with Crippen LogP contribution in [0.2, 0.25) is 0 Å². The molecule has 8 aliphatic heterocycles. The van der Waals surface area contributed by atoms with E-state index >= 15 is 0 Å². The summed E-state index contributed by atoms with van der Waals surface area (Å²) in [4.78, 5) is 75.8. The summed E-state index contributed by atoms with van der Waals surface area (Å²) in [6.45, 7) is -2.36. The fourth-order valence-electron chi connectivity index (χ4n) is 13.5. The van der Waals surface area contributed by atoms with E-state index in [0.717, 1.165) is 27.7 Å². The molecule has 0 unspecified atom stereocenters. The summed E-state index contributed by atoms with van der Waals surface area (Å²) in [6.07, 6.45) is -74.2. The lowest BCUT2D eigenvalue weighted by Gasteiger charge is -2.51. The highest BCUT2D eigenvalue weighted by Crippen LogP contribution is 2.39. The molecule has 108 heavy (non-hydrogen) atoms. The van der Waals surface area contributed by atoms with Crippen molar-refractivity contribution in [2.45, 2.75) is 292 Å². The van der Waals surface area contributed by atoms with Crippen molar-refractivity contribution in [3.8, 4) is 0 Å². The maximum absolute atomic E-state index is 13.3. The minimum Gasteiger partial charge on any atom is -0.480 e. The highest BCUT2D eigenvalue weighted by molar-refractivity contribution is 5.84. The maximum Gasteiger partial charge on any atom is 0.321 e. The third-order valence-electron chi connectivity index (χ3n) is 19.2. The summed E-state index contributed by atoms with van der Waals surface area (Å²) in [6, 6.07) is -9.12. The first-order valence-corrected chi connectivity index (χ1v) is 34.3. The Bertz CT molecular complexity index is 2930. The molecule has 0 saturated carbocycles. The molecule has 0 radical (unpaired) electrons. The number of aliphatic hydroxyl groups is 20. The number of hydrogen-bond acceptors (Lipinski definition) is 42. The predicted octanol–water partition coefficient (Wildman–Crippen LogP) is -17.9. The molecule has 0 aromatic rings. The van der Waals surface area contributed by atoms with Crippen LogP contribution in [0.5, 0.6) is 0 Å². The van der Waals surface area contributed by atoms with E-state index in [0.29, 0.717) is 0 Å². The predicted molar refractivity (Wildman–Crippen MR) is 336 cm³/mol. The van der Waals surface area contributed by atoms with E-state index in [2.05, 4.69) is 26.6 Å². The first-order valence-electron chi connectivity index (χ1n) is 34.3. The van der Waals surface area contributed by atoms with Crippen molar-refractivity contribution < 1.29 is 207 Å². The Morgan fingerprint density at radius 2 is 0.694 bits per heavy atom. The lowest BCUT2D eigenvalue weighted by atomic mass is 9.93. The van der Waals surface area contributed by atoms with Gasteiger partial charge in [0.1, 0.15) is 195 Å². The van der Waals surface area contributed by atoms with Gasteiger partial charge in [-0.2, -0.15) is 0 Å². The number of nitrogens with two attached hydrogens (primary N) is 1. The molecule has 8 fully saturated rings. The van der Waals surface area contributed by atoms with Gasteiger partial charge in [0.25, 0.3) is 0 Å². The standard InChI is InChI=1S/C60H100N6O42/c1-14-32(77)42(87)45(90)57(96-14)94-13-26-48(40(85)28(62-15(2)72)52(97-26)66-27(76)6-19(61)53(92)93)104-56-31(65-18(5)75)41(86)47(24(11-71)102-56)105-58-46(91)49(106-60-51(44(89)36(81)23(10-70)101-60)108-55-30(64-17(4)74)39(84)34(79)21(8-68)99-55)37(82)25(103-58)12-95-59-50(43(88)35(80)22(9-69)100-59)107-54-29(63-16(3)73)38(83)33(78)20(7-67)98-54/h14,19-26,28-52,54-60,67-71,77-91H,6-13,61H2,1-5H3,(H,62,72)(H,63,73)(H,64,74)(H,65,75)(H,66,76)(H,92,93)/t14-,19-,20+,21+,22+,23+,24+,25+,26+,28+,29+,30+,31+,32+,33+,34+,35+,36+,37+,38+,39+,40+,41+,42+,43-,44-,45-,46-,47+,48+,49-,50-,51-,52+,54-,55-,56-,57+,58-,59-,60+/m0/s1. The first-order chi connectivity index (χ1) is 50.9. The van der Waals surface area contributed by atoms with Gasteiger partial charge in [0.2, 0.25) is 29.5 Å². The molecular weight excluding hydrogens is 1480 g/mol. The van der Waals surface area contributed by atoms with Crippen molar-refractivity contribution in [2.75, 3.05) is 46.2 Å². The third-order valence-corrected chi connectivity index (χ3v) is 19.2. The summed E-state index contributed by atoms with van der Waals surface area (Å²) in [5.74, 6) is -6.32. The number of carbonyl (C=O) groups is 6. The minimum atomic E-state index is -2.55. The molecule has 8 heterocycles. The molecule has 48 nitrogen and oxygen atoms in total. The molecule has 48 heteroatoms. The molecule has 622 valence electrons. The Morgan fingerprint density at radius 3 is 1.17 bits per heavy atom. The van der Waals surface area contributed by atoms with Crippen LogP contribution in [-0.4, -0.2) is 440 Å². The van der Waals surface area contributed by atoms with E-state index in [1.54, 1.807) is 0 Å². The second kappa shape index (κ2) is 38.9. The zero-order valence-corrected chi connectivity index (χ0v) is 58.4. The SMILES string of the molecule is CC(=O)N[C@@H]1[C@@H](O)[C@H](O[C@@H]2O[C@H](CO)[C@@H](O[C@@H]3O[C@H](CO[C@H]4O[C@H](CO)[C@@H](O)[C@H](O)[C@@H]4O[C@@H]4O[C@H](CO)[C@@H](O)[C@H](O)[C@H]4NC(C)=O)[C@@H](O)[C@H](O[C@H]4O[C@H](CO)[C@@H](O)[C@H](O)[C@@H]4O[C@@H]4O[C@H](CO)[C@@H](O)[C@H](O)[C@H]4NC(C)=O)[C@@H]3O)[C@H](O)[C@H]2NC(C)=O)[C@@H](CO[C@@H]2O[C@@H](C)[C@@H](O)[C@@H](O)[C@@H]2O)O[C@H]1NC(=O)C[C@H](N)C(=O)O. The molecule has 0 aliphatic carbocycles. The van der Waals surface area contributed by atoms with Crippen molar-refractivity contribution in [2.24, 2.45) is 5.73 Å². The van der Waals surface area contributed by atoms with Crippen LogP contribution in [0.1, 0.15) is 41.0 Å². The van der Waals surface area contributed by atoms with Gasteiger partial charge in [0, 0.05) is 27.7 Å². The lowest BCUT2D eigenvalue weighted by Crippen LogP contribution is -2.72. The average molecular weight is 1580 g/mol. The Morgan fingerprint density at radius 1 is 0.333 bits per heavy atom. The molecule has 8 aliphatic rings. The quantitative estimate of drug-likeness (QED) is 0.0331. The molecule has 0 bridgehead atoms. The highest BCUT2D eigenvalue weighted by atomic mass is 16.8. The third kappa shape index (κ3) is 20.5. The first kappa shape index (κ1) is 88.9. The molecule has 5 amide bonds. The Hall–Kier alpha value is -4.62. The van der Waals surface area contributed by atoms with Crippen molar-refractivity contribution in [1.82, 2.24) is 26.6 Å². The number of aliphatic hydroxyl groups excluding tert-OH is 20. The van der Waals surface area contributed by atoms with E-state index in [1.165, 1.54) is 6.92 Å². The van der Waals surface area contributed by atoms with Crippen LogP contribution >= 0.6 is 0 Å². The summed E-state index contributed by atoms with van der Waals surface area (Å²) in [7, 11) is 0. The molecule has 8 rings (SSSR count). The Labute approximate surface area is 612 Å². The van der Waals surface area contributed by atoms with E-state index in [4.69, 9.17) is 76.8 Å².